The number of rotatable bonds is 8. The standard InChI is InChI=1S/C18H31N5O3/c1-18(2,3)12-22(9-7-11-24)8-6-10-23-16(25)14-15(19-13-20(14)4)21(5)17(23)26/h13,24H,6-12H2,1-5H3. The third-order valence-electron chi connectivity index (χ3n) is 4.39. The van der Waals surface area contributed by atoms with Crippen molar-refractivity contribution in [3.8, 4) is 0 Å². The molecule has 0 aromatic carbocycles. The van der Waals surface area contributed by atoms with E-state index < -0.39 is 0 Å². The lowest BCUT2D eigenvalue weighted by atomic mass is 9.96. The summed E-state index contributed by atoms with van der Waals surface area (Å²) in [6.07, 6.45) is 2.97. The Bertz CT molecular complexity index is 857. The van der Waals surface area contributed by atoms with Crippen LogP contribution in [0.1, 0.15) is 33.6 Å². The minimum atomic E-state index is -0.334. The van der Waals surface area contributed by atoms with Crippen molar-refractivity contribution < 1.29 is 5.11 Å². The number of nitrogens with zero attached hydrogens (tertiary/aromatic N) is 5. The zero-order valence-electron chi connectivity index (χ0n) is 16.5. The minimum Gasteiger partial charge on any atom is -0.396 e. The highest BCUT2D eigenvalue weighted by molar-refractivity contribution is 5.69. The van der Waals surface area contributed by atoms with Gasteiger partial charge in [0.15, 0.2) is 11.2 Å². The summed E-state index contributed by atoms with van der Waals surface area (Å²) in [7, 11) is 3.40. The van der Waals surface area contributed by atoms with Gasteiger partial charge >= 0.3 is 5.69 Å². The van der Waals surface area contributed by atoms with Crippen molar-refractivity contribution in [1.29, 1.82) is 0 Å². The van der Waals surface area contributed by atoms with E-state index in [1.165, 1.54) is 9.13 Å². The number of aromatic nitrogens is 4. The number of aryl methyl sites for hydroxylation is 2. The highest BCUT2D eigenvalue weighted by atomic mass is 16.3. The van der Waals surface area contributed by atoms with E-state index in [0.717, 1.165) is 26.1 Å². The van der Waals surface area contributed by atoms with Gasteiger partial charge in [-0.1, -0.05) is 20.8 Å². The molecule has 0 fully saturated rings. The summed E-state index contributed by atoms with van der Waals surface area (Å²) in [4.78, 5) is 31.7. The Labute approximate surface area is 153 Å². The average molecular weight is 365 g/mol. The molecule has 146 valence electrons. The summed E-state index contributed by atoms with van der Waals surface area (Å²) in [5.41, 5.74) is 0.380. The van der Waals surface area contributed by atoms with E-state index in [2.05, 4.69) is 30.7 Å². The van der Waals surface area contributed by atoms with Crippen molar-refractivity contribution in [2.75, 3.05) is 26.2 Å². The summed E-state index contributed by atoms with van der Waals surface area (Å²) in [6.45, 7) is 9.54. The molecule has 0 atom stereocenters. The second kappa shape index (κ2) is 8.18. The van der Waals surface area contributed by atoms with Gasteiger partial charge in [-0.2, -0.15) is 0 Å². The van der Waals surface area contributed by atoms with Gasteiger partial charge in [0.2, 0.25) is 0 Å². The van der Waals surface area contributed by atoms with E-state index >= 15 is 0 Å². The molecule has 2 aromatic heterocycles. The quantitative estimate of drug-likeness (QED) is 0.739. The van der Waals surface area contributed by atoms with Crippen LogP contribution in [0.3, 0.4) is 0 Å². The largest absolute Gasteiger partial charge is 0.396 e. The Morgan fingerprint density at radius 1 is 1.15 bits per heavy atom. The van der Waals surface area contributed by atoms with Crippen LogP contribution in [0.4, 0.5) is 0 Å². The number of imidazole rings is 1. The SMILES string of the molecule is Cn1cnc2c1c(=O)n(CCCN(CCCO)CC(C)(C)C)c(=O)n2C. The minimum absolute atomic E-state index is 0.149. The Morgan fingerprint density at radius 2 is 1.81 bits per heavy atom. The maximum Gasteiger partial charge on any atom is 0.332 e. The molecule has 0 aliphatic heterocycles. The average Bonchev–Trinajstić information content (AvgIpc) is 2.94. The molecule has 2 rings (SSSR count). The molecule has 2 heterocycles. The molecule has 0 aliphatic rings. The first-order valence-electron chi connectivity index (χ1n) is 9.10. The lowest BCUT2D eigenvalue weighted by Crippen LogP contribution is -2.41. The van der Waals surface area contributed by atoms with Crippen LogP contribution >= 0.6 is 0 Å². The van der Waals surface area contributed by atoms with Gasteiger partial charge in [0.25, 0.3) is 5.56 Å². The van der Waals surface area contributed by atoms with Crippen LogP contribution in [0.5, 0.6) is 0 Å². The molecule has 8 heteroatoms. The molecule has 26 heavy (non-hydrogen) atoms. The number of aliphatic hydroxyl groups is 1. The van der Waals surface area contributed by atoms with Gasteiger partial charge in [-0.3, -0.25) is 13.9 Å². The second-order valence-electron chi connectivity index (χ2n) is 8.09. The zero-order valence-corrected chi connectivity index (χ0v) is 16.5. The smallest absolute Gasteiger partial charge is 0.332 e. The van der Waals surface area contributed by atoms with Crippen molar-refractivity contribution in [3.63, 3.8) is 0 Å². The van der Waals surface area contributed by atoms with Crippen LogP contribution in [0.15, 0.2) is 15.9 Å². The van der Waals surface area contributed by atoms with Crippen LogP contribution in [-0.4, -0.2) is 54.9 Å². The van der Waals surface area contributed by atoms with Gasteiger partial charge in [-0.15, -0.1) is 0 Å². The molecule has 0 saturated heterocycles. The first kappa shape index (κ1) is 20.4. The lowest BCUT2D eigenvalue weighted by Gasteiger charge is -2.29. The molecule has 0 aliphatic carbocycles. The van der Waals surface area contributed by atoms with Gasteiger partial charge in [-0.05, 0) is 24.8 Å². The van der Waals surface area contributed by atoms with E-state index in [4.69, 9.17) is 5.11 Å². The number of fused-ring (bicyclic) bond motifs is 1. The van der Waals surface area contributed by atoms with Crippen molar-refractivity contribution in [3.05, 3.63) is 27.2 Å². The predicted molar refractivity (Wildman–Crippen MR) is 102 cm³/mol. The van der Waals surface area contributed by atoms with Crippen LogP contribution < -0.4 is 11.2 Å². The predicted octanol–water partition coefficient (Wildman–Crippen LogP) is 0.554. The Kier molecular flexibility index (Phi) is 6.41. The molecule has 0 saturated carbocycles. The molecule has 0 spiro atoms. The topological polar surface area (TPSA) is 85.3 Å². The van der Waals surface area contributed by atoms with Gasteiger partial charge in [0.05, 0.1) is 6.33 Å². The van der Waals surface area contributed by atoms with Crippen LogP contribution in [-0.2, 0) is 20.6 Å². The molecule has 0 amide bonds. The fourth-order valence-corrected chi connectivity index (χ4v) is 3.28. The van der Waals surface area contributed by atoms with E-state index in [-0.39, 0.29) is 23.3 Å². The fraction of sp³-hybridized carbons (Fsp3) is 0.722. The van der Waals surface area contributed by atoms with E-state index in [1.807, 2.05) is 0 Å². The molecular formula is C18H31N5O3. The Hall–Kier alpha value is -1.93. The number of hydrogen-bond donors (Lipinski definition) is 1. The van der Waals surface area contributed by atoms with Crippen molar-refractivity contribution >= 4 is 11.2 Å². The second-order valence-corrected chi connectivity index (χ2v) is 8.09. The zero-order chi connectivity index (χ0) is 19.5. The van der Waals surface area contributed by atoms with Crippen LogP contribution in [0, 0.1) is 5.41 Å². The monoisotopic (exact) mass is 365 g/mol. The summed E-state index contributed by atoms with van der Waals surface area (Å²) in [6, 6.07) is 0. The molecule has 0 unspecified atom stereocenters. The summed E-state index contributed by atoms with van der Waals surface area (Å²) in [5.74, 6) is 0. The lowest BCUT2D eigenvalue weighted by molar-refractivity contribution is 0.168. The van der Waals surface area contributed by atoms with Gasteiger partial charge in [0, 0.05) is 40.3 Å². The third-order valence-corrected chi connectivity index (χ3v) is 4.39. The van der Waals surface area contributed by atoms with Gasteiger partial charge in [-0.25, -0.2) is 9.78 Å². The highest BCUT2D eigenvalue weighted by Gasteiger charge is 2.17. The van der Waals surface area contributed by atoms with E-state index in [1.54, 1.807) is 25.0 Å². The van der Waals surface area contributed by atoms with Gasteiger partial charge < -0.3 is 14.6 Å². The van der Waals surface area contributed by atoms with Crippen molar-refractivity contribution in [2.24, 2.45) is 19.5 Å². The molecular weight excluding hydrogens is 334 g/mol. The van der Waals surface area contributed by atoms with Crippen LogP contribution in [0.25, 0.3) is 11.2 Å². The first-order valence-corrected chi connectivity index (χ1v) is 9.10. The van der Waals surface area contributed by atoms with E-state index in [0.29, 0.717) is 24.1 Å². The first-order chi connectivity index (χ1) is 12.2. The number of aliphatic hydroxyl groups excluding tert-OH is 1. The molecule has 0 bridgehead atoms. The maximum atomic E-state index is 12.7. The Balaban J connectivity index is 2.17. The molecule has 8 nitrogen and oxygen atoms in total. The normalized spacial score (nSPS) is 12.4. The molecule has 2 aromatic rings. The van der Waals surface area contributed by atoms with Crippen molar-refractivity contribution in [1.82, 2.24) is 23.6 Å². The highest BCUT2D eigenvalue weighted by Crippen LogP contribution is 2.15. The Morgan fingerprint density at radius 3 is 2.42 bits per heavy atom. The fourth-order valence-electron chi connectivity index (χ4n) is 3.28. The molecule has 0 radical (unpaired) electrons. The van der Waals surface area contributed by atoms with E-state index in [9.17, 15) is 9.59 Å². The number of hydrogen-bond acceptors (Lipinski definition) is 5. The van der Waals surface area contributed by atoms with Gasteiger partial charge in [0.1, 0.15) is 0 Å². The summed E-state index contributed by atoms with van der Waals surface area (Å²) >= 11 is 0. The van der Waals surface area contributed by atoms with Crippen molar-refractivity contribution in [2.45, 2.75) is 40.2 Å². The third kappa shape index (κ3) is 4.62. The maximum absolute atomic E-state index is 12.7. The summed E-state index contributed by atoms with van der Waals surface area (Å²) in [5, 5.41) is 9.10. The van der Waals surface area contributed by atoms with Crippen LogP contribution in [0.2, 0.25) is 0 Å². The molecule has 1 N–H and O–H groups in total. The summed E-state index contributed by atoms with van der Waals surface area (Å²) < 4.78 is 4.38.